The van der Waals surface area contributed by atoms with Gasteiger partial charge in [0.2, 0.25) is 0 Å². The van der Waals surface area contributed by atoms with Crippen LogP contribution >= 0.6 is 23.6 Å². The largest absolute Gasteiger partial charge is 0.434 e. The topological polar surface area (TPSA) is 45.2 Å². The highest BCUT2D eigenvalue weighted by molar-refractivity contribution is 7.80. The van der Waals surface area contributed by atoms with E-state index in [9.17, 15) is 18.0 Å². The summed E-state index contributed by atoms with van der Waals surface area (Å²) in [7, 11) is 0. The third-order valence-electron chi connectivity index (χ3n) is 3.28. The number of thiocarbonyl (C=S) groups is 1. The normalized spacial score (nSPS) is 18.4. The van der Waals surface area contributed by atoms with Crippen LogP contribution in [-0.2, 0) is 17.4 Å². The minimum absolute atomic E-state index is 0.0685. The molecule has 1 aromatic heterocycles. The highest BCUT2D eigenvalue weighted by atomic mass is 32.1. The van der Waals surface area contributed by atoms with E-state index in [0.717, 1.165) is 27.2 Å². The van der Waals surface area contributed by atoms with E-state index in [4.69, 9.17) is 12.2 Å². The van der Waals surface area contributed by atoms with E-state index in [2.05, 4.69) is 10.3 Å². The van der Waals surface area contributed by atoms with Gasteiger partial charge in [0.1, 0.15) is 6.04 Å². The SMILES string of the molecule is O=C1C(Cc2ccccc2)NC(=S)N1c1nc(C(F)(F)F)cs1. The van der Waals surface area contributed by atoms with Crippen molar-refractivity contribution in [3.8, 4) is 0 Å². The molecule has 1 N–H and O–H groups in total. The van der Waals surface area contributed by atoms with Crippen LogP contribution < -0.4 is 10.2 Å². The number of nitrogens with one attached hydrogen (secondary N) is 1. The highest BCUT2D eigenvalue weighted by Gasteiger charge is 2.40. The van der Waals surface area contributed by atoms with Crippen LogP contribution in [0.4, 0.5) is 18.3 Å². The maximum atomic E-state index is 12.6. The van der Waals surface area contributed by atoms with E-state index in [1.165, 1.54) is 0 Å². The molecule has 0 saturated carbocycles. The van der Waals surface area contributed by atoms with Crippen LogP contribution in [0.15, 0.2) is 35.7 Å². The molecule has 0 spiro atoms. The number of amides is 1. The lowest BCUT2D eigenvalue weighted by Gasteiger charge is -2.11. The van der Waals surface area contributed by atoms with Crippen molar-refractivity contribution in [2.45, 2.75) is 18.6 Å². The fraction of sp³-hybridized carbons (Fsp3) is 0.214. The summed E-state index contributed by atoms with van der Waals surface area (Å²) < 4.78 is 37.9. The van der Waals surface area contributed by atoms with Crippen LogP contribution in [0.3, 0.4) is 0 Å². The van der Waals surface area contributed by atoms with Gasteiger partial charge in [-0.2, -0.15) is 13.2 Å². The standard InChI is InChI=1S/C14H10F3N3OS2/c15-14(16,17)10-7-23-13(19-10)20-11(21)9(18-12(20)22)6-8-4-2-1-3-5-8/h1-5,7,9H,6H2,(H,18,22). The third-order valence-corrected chi connectivity index (χ3v) is 4.40. The third kappa shape index (κ3) is 3.20. The summed E-state index contributed by atoms with van der Waals surface area (Å²) in [6.07, 6.45) is -4.15. The maximum absolute atomic E-state index is 12.6. The molecule has 9 heteroatoms. The van der Waals surface area contributed by atoms with Crippen molar-refractivity contribution in [1.82, 2.24) is 10.3 Å². The fourth-order valence-electron chi connectivity index (χ4n) is 2.20. The van der Waals surface area contributed by atoms with Crippen molar-refractivity contribution < 1.29 is 18.0 Å². The second-order valence-corrected chi connectivity index (χ2v) is 6.10. The molecule has 0 radical (unpaired) electrons. The molecule has 1 amide bonds. The van der Waals surface area contributed by atoms with Crippen LogP contribution in [0.1, 0.15) is 11.3 Å². The Labute approximate surface area is 138 Å². The summed E-state index contributed by atoms with van der Waals surface area (Å²) in [5.74, 6) is -0.401. The van der Waals surface area contributed by atoms with Gasteiger partial charge in [0.15, 0.2) is 15.9 Å². The Hall–Kier alpha value is -2.00. The molecule has 1 aliphatic rings. The lowest BCUT2D eigenvalue weighted by atomic mass is 10.1. The molecule has 3 rings (SSSR count). The average molecular weight is 357 g/mol. The first kappa shape index (κ1) is 15.9. The van der Waals surface area contributed by atoms with Gasteiger partial charge in [-0.15, -0.1) is 11.3 Å². The molecule has 1 saturated heterocycles. The molecule has 1 unspecified atom stereocenters. The van der Waals surface area contributed by atoms with E-state index >= 15 is 0 Å². The maximum Gasteiger partial charge on any atom is 0.434 e. The molecule has 2 heterocycles. The predicted molar refractivity (Wildman–Crippen MR) is 84.3 cm³/mol. The number of nitrogens with zero attached hydrogens (tertiary/aromatic N) is 2. The van der Waals surface area contributed by atoms with E-state index in [-0.39, 0.29) is 10.2 Å². The zero-order valence-electron chi connectivity index (χ0n) is 11.5. The highest BCUT2D eigenvalue weighted by Crippen LogP contribution is 2.34. The molecule has 1 aliphatic heterocycles. The number of alkyl halides is 3. The predicted octanol–water partition coefficient (Wildman–Crippen LogP) is 2.99. The quantitative estimate of drug-likeness (QED) is 0.858. The van der Waals surface area contributed by atoms with E-state index in [1.54, 1.807) is 0 Å². The number of carbonyl (C=O) groups excluding carboxylic acids is 1. The first-order valence-electron chi connectivity index (χ1n) is 6.57. The smallest absolute Gasteiger partial charge is 0.350 e. The summed E-state index contributed by atoms with van der Waals surface area (Å²) in [5, 5.41) is 3.71. The van der Waals surface area contributed by atoms with Gasteiger partial charge in [-0.1, -0.05) is 30.3 Å². The van der Waals surface area contributed by atoms with E-state index in [1.807, 2.05) is 30.3 Å². The Bertz CT molecular complexity index is 745. The number of aromatic nitrogens is 1. The molecule has 1 fully saturated rings. The zero-order chi connectivity index (χ0) is 16.6. The van der Waals surface area contributed by atoms with E-state index in [0.29, 0.717) is 6.42 Å². The van der Waals surface area contributed by atoms with Crippen molar-refractivity contribution in [3.05, 3.63) is 47.0 Å². The minimum atomic E-state index is -4.55. The minimum Gasteiger partial charge on any atom is -0.350 e. The van der Waals surface area contributed by atoms with Crippen LogP contribution in [-0.4, -0.2) is 22.0 Å². The summed E-state index contributed by atoms with van der Waals surface area (Å²) in [6.45, 7) is 0. The molecular formula is C14H10F3N3OS2. The van der Waals surface area contributed by atoms with Gasteiger partial charge in [0.25, 0.3) is 5.91 Å². The second kappa shape index (κ2) is 5.89. The van der Waals surface area contributed by atoms with Crippen molar-refractivity contribution in [1.29, 1.82) is 0 Å². The summed E-state index contributed by atoms with van der Waals surface area (Å²) in [4.78, 5) is 16.9. The van der Waals surface area contributed by atoms with Crippen LogP contribution in [0, 0.1) is 0 Å². The van der Waals surface area contributed by atoms with Crippen LogP contribution in [0.2, 0.25) is 0 Å². The van der Waals surface area contributed by atoms with Crippen molar-refractivity contribution in [2.24, 2.45) is 0 Å². The summed E-state index contributed by atoms with van der Waals surface area (Å²) in [5.41, 5.74) is -0.0993. The molecule has 0 aliphatic carbocycles. The Kier molecular flexibility index (Phi) is 4.07. The van der Waals surface area contributed by atoms with Crippen LogP contribution in [0.5, 0.6) is 0 Å². The monoisotopic (exact) mass is 357 g/mol. The number of thiazole rings is 1. The summed E-state index contributed by atoms with van der Waals surface area (Å²) >= 11 is 5.81. The number of anilines is 1. The number of halogens is 3. The van der Waals surface area contributed by atoms with Gasteiger partial charge >= 0.3 is 6.18 Å². The second-order valence-electron chi connectivity index (χ2n) is 4.88. The number of hydrogen-bond donors (Lipinski definition) is 1. The Balaban J connectivity index is 1.80. The number of rotatable bonds is 3. The Morgan fingerprint density at radius 1 is 1.30 bits per heavy atom. The number of hydrogen-bond acceptors (Lipinski definition) is 4. The van der Waals surface area contributed by atoms with Crippen molar-refractivity contribution >= 4 is 39.7 Å². The molecule has 23 heavy (non-hydrogen) atoms. The zero-order valence-corrected chi connectivity index (χ0v) is 13.1. The first-order chi connectivity index (χ1) is 10.9. The number of carbonyl (C=O) groups is 1. The van der Waals surface area contributed by atoms with Gasteiger partial charge in [0.05, 0.1) is 0 Å². The first-order valence-corrected chi connectivity index (χ1v) is 7.86. The molecule has 120 valence electrons. The van der Waals surface area contributed by atoms with Gasteiger partial charge < -0.3 is 5.32 Å². The lowest BCUT2D eigenvalue weighted by Crippen LogP contribution is -2.32. The van der Waals surface area contributed by atoms with Gasteiger partial charge in [-0.3, -0.25) is 4.79 Å². The van der Waals surface area contributed by atoms with Crippen molar-refractivity contribution in [2.75, 3.05) is 4.90 Å². The molecule has 0 bridgehead atoms. The van der Waals surface area contributed by atoms with Crippen molar-refractivity contribution in [3.63, 3.8) is 0 Å². The number of benzene rings is 1. The van der Waals surface area contributed by atoms with Gasteiger partial charge in [-0.05, 0) is 17.8 Å². The van der Waals surface area contributed by atoms with E-state index < -0.39 is 23.8 Å². The summed E-state index contributed by atoms with van der Waals surface area (Å²) in [6, 6.07) is 8.68. The Morgan fingerprint density at radius 2 is 2.00 bits per heavy atom. The average Bonchev–Trinajstić information content (AvgIpc) is 3.06. The Morgan fingerprint density at radius 3 is 2.61 bits per heavy atom. The molecular weight excluding hydrogens is 347 g/mol. The van der Waals surface area contributed by atoms with Crippen LogP contribution in [0.25, 0.3) is 0 Å². The molecule has 1 aromatic carbocycles. The lowest BCUT2D eigenvalue weighted by molar-refractivity contribution is -0.140. The van der Waals surface area contributed by atoms with Gasteiger partial charge in [0, 0.05) is 11.8 Å². The molecule has 2 aromatic rings. The molecule has 1 atom stereocenters. The molecule has 4 nitrogen and oxygen atoms in total. The fourth-order valence-corrected chi connectivity index (χ4v) is 3.42. The van der Waals surface area contributed by atoms with Gasteiger partial charge in [-0.25, -0.2) is 9.88 Å².